The lowest BCUT2D eigenvalue weighted by atomic mass is 9.95. The maximum Gasteiger partial charge on any atom is 0.411 e. The van der Waals surface area contributed by atoms with Gasteiger partial charge in [-0.25, -0.2) is 14.0 Å². The molecule has 0 saturated heterocycles. The molecule has 1 atom stereocenters. The zero-order valence-corrected chi connectivity index (χ0v) is 13.3. The number of carbonyl (C=O) groups excluding carboxylic acids is 1. The van der Waals surface area contributed by atoms with Crippen molar-refractivity contribution in [2.75, 3.05) is 7.05 Å². The Bertz CT molecular complexity index is 721. The van der Waals surface area contributed by atoms with Crippen LogP contribution in [-0.2, 0) is 21.7 Å². The smallest absolute Gasteiger partial charge is 0.411 e. The van der Waals surface area contributed by atoms with Crippen LogP contribution in [0.1, 0.15) is 18.2 Å². The summed E-state index contributed by atoms with van der Waals surface area (Å²) in [6.45, 7) is 1.32. The lowest BCUT2D eigenvalue weighted by Crippen LogP contribution is -2.51. The molecule has 0 fully saturated rings. The number of amides is 1. The van der Waals surface area contributed by atoms with Crippen molar-refractivity contribution >= 4 is 12.1 Å². The average molecular weight is 332 g/mol. The van der Waals surface area contributed by atoms with Crippen molar-refractivity contribution in [3.8, 4) is 0 Å². The number of rotatable bonds is 5. The standard InChI is InChI=1S/C17H17FN2O4/c1-17(15(21)22,14-9-8-13(18)10-19-14)20(2)16(23)24-11-12-6-4-3-5-7-12/h3-10H,11H2,1-2H3,(H,21,22). The first kappa shape index (κ1) is 17.4. The SMILES string of the molecule is CN(C(=O)OCc1ccccc1)C(C)(C(=O)O)c1ccc(F)cn1. The van der Waals surface area contributed by atoms with E-state index in [0.29, 0.717) is 0 Å². The summed E-state index contributed by atoms with van der Waals surface area (Å²) >= 11 is 0. The topological polar surface area (TPSA) is 79.7 Å². The highest BCUT2D eigenvalue weighted by Crippen LogP contribution is 2.27. The van der Waals surface area contributed by atoms with Crippen LogP contribution in [-0.4, -0.2) is 34.1 Å². The van der Waals surface area contributed by atoms with Crippen molar-refractivity contribution in [2.45, 2.75) is 19.1 Å². The molecule has 0 aliphatic carbocycles. The van der Waals surface area contributed by atoms with E-state index >= 15 is 0 Å². The van der Waals surface area contributed by atoms with Gasteiger partial charge in [0.2, 0.25) is 0 Å². The molecule has 7 heteroatoms. The second kappa shape index (κ2) is 7.08. The number of ether oxygens (including phenoxy) is 1. The second-order valence-corrected chi connectivity index (χ2v) is 5.34. The lowest BCUT2D eigenvalue weighted by molar-refractivity contribution is -0.149. The van der Waals surface area contributed by atoms with Crippen molar-refractivity contribution in [3.63, 3.8) is 0 Å². The van der Waals surface area contributed by atoms with Gasteiger partial charge in [-0.15, -0.1) is 0 Å². The number of carboxylic acids is 1. The van der Waals surface area contributed by atoms with Gasteiger partial charge in [0.25, 0.3) is 0 Å². The monoisotopic (exact) mass is 332 g/mol. The van der Waals surface area contributed by atoms with E-state index in [4.69, 9.17) is 4.74 Å². The number of hydrogen-bond acceptors (Lipinski definition) is 4. The molecule has 1 unspecified atom stereocenters. The minimum atomic E-state index is -1.79. The third-order valence-electron chi connectivity index (χ3n) is 3.79. The Labute approximate surface area is 138 Å². The number of aromatic nitrogens is 1. The maximum atomic E-state index is 13.0. The fourth-order valence-electron chi connectivity index (χ4n) is 2.09. The summed E-state index contributed by atoms with van der Waals surface area (Å²) in [5.41, 5.74) is -0.992. The summed E-state index contributed by atoms with van der Waals surface area (Å²) in [7, 11) is 1.30. The lowest BCUT2D eigenvalue weighted by Gasteiger charge is -2.33. The Balaban J connectivity index is 2.19. The van der Waals surface area contributed by atoms with Crippen molar-refractivity contribution in [3.05, 3.63) is 65.7 Å². The fourth-order valence-corrected chi connectivity index (χ4v) is 2.09. The molecule has 0 bridgehead atoms. The van der Waals surface area contributed by atoms with Crippen molar-refractivity contribution in [1.82, 2.24) is 9.88 Å². The van der Waals surface area contributed by atoms with Crippen LogP contribution in [0.5, 0.6) is 0 Å². The summed E-state index contributed by atoms with van der Waals surface area (Å²) < 4.78 is 18.2. The largest absolute Gasteiger partial charge is 0.479 e. The van der Waals surface area contributed by atoms with E-state index in [2.05, 4.69) is 4.98 Å². The van der Waals surface area contributed by atoms with E-state index in [1.165, 1.54) is 20.0 Å². The van der Waals surface area contributed by atoms with Crippen LogP contribution in [0.15, 0.2) is 48.7 Å². The van der Waals surface area contributed by atoms with Crippen LogP contribution < -0.4 is 0 Å². The molecule has 2 aromatic rings. The van der Waals surface area contributed by atoms with Gasteiger partial charge in [0.1, 0.15) is 12.4 Å². The van der Waals surface area contributed by atoms with Crippen molar-refractivity contribution < 1.29 is 23.8 Å². The molecule has 126 valence electrons. The highest BCUT2D eigenvalue weighted by molar-refractivity contribution is 5.84. The van der Waals surface area contributed by atoms with Gasteiger partial charge in [-0.2, -0.15) is 0 Å². The number of benzene rings is 1. The molecule has 0 spiro atoms. The highest BCUT2D eigenvalue weighted by Gasteiger charge is 2.44. The molecular formula is C17H17FN2O4. The van der Waals surface area contributed by atoms with Crippen LogP contribution in [0.3, 0.4) is 0 Å². The van der Waals surface area contributed by atoms with Gasteiger partial charge in [0.05, 0.1) is 11.9 Å². The van der Waals surface area contributed by atoms with Gasteiger partial charge in [-0.3, -0.25) is 9.88 Å². The Morgan fingerprint density at radius 2 is 1.92 bits per heavy atom. The molecular weight excluding hydrogens is 315 g/mol. The van der Waals surface area contributed by atoms with Crippen molar-refractivity contribution in [2.24, 2.45) is 0 Å². The first-order valence-electron chi connectivity index (χ1n) is 7.15. The molecule has 24 heavy (non-hydrogen) atoms. The van der Waals surface area contributed by atoms with Crippen LogP contribution in [0, 0.1) is 5.82 Å². The summed E-state index contributed by atoms with van der Waals surface area (Å²) in [4.78, 5) is 28.7. The number of nitrogens with zero attached hydrogens (tertiary/aromatic N) is 2. The molecule has 1 heterocycles. The van der Waals surface area contributed by atoms with E-state index in [1.807, 2.05) is 6.07 Å². The molecule has 0 saturated carbocycles. The van der Waals surface area contributed by atoms with Gasteiger partial charge >= 0.3 is 12.1 Å². The molecule has 1 aromatic heterocycles. The number of carboxylic acid groups (broad SMARTS) is 1. The number of likely N-dealkylation sites (N-methyl/N-ethyl adjacent to an activating group) is 1. The molecule has 1 N–H and O–H groups in total. The predicted molar refractivity (Wildman–Crippen MR) is 83.6 cm³/mol. The molecule has 0 aliphatic rings. The van der Waals surface area contributed by atoms with Crippen molar-refractivity contribution in [1.29, 1.82) is 0 Å². The Kier molecular flexibility index (Phi) is 5.13. The third kappa shape index (κ3) is 3.51. The Hall–Kier alpha value is -2.96. The van der Waals surface area contributed by atoms with Crippen LogP contribution >= 0.6 is 0 Å². The molecule has 1 aromatic carbocycles. The third-order valence-corrected chi connectivity index (χ3v) is 3.79. The van der Waals surface area contributed by atoms with Gasteiger partial charge in [0.15, 0.2) is 5.54 Å². The van der Waals surface area contributed by atoms with E-state index in [0.717, 1.165) is 22.7 Å². The molecule has 0 aliphatic heterocycles. The minimum absolute atomic E-state index is 0.0105. The van der Waals surface area contributed by atoms with Gasteiger partial charge in [-0.05, 0) is 24.6 Å². The number of carbonyl (C=O) groups is 2. The van der Waals surface area contributed by atoms with E-state index in [9.17, 15) is 19.1 Å². The van der Waals surface area contributed by atoms with Crippen LogP contribution in [0.4, 0.5) is 9.18 Å². The summed E-state index contributed by atoms with van der Waals surface area (Å²) in [5, 5.41) is 9.58. The van der Waals surface area contributed by atoms with E-state index < -0.39 is 23.4 Å². The van der Waals surface area contributed by atoms with E-state index in [-0.39, 0.29) is 12.3 Å². The number of halogens is 1. The maximum absolute atomic E-state index is 13.0. The van der Waals surface area contributed by atoms with Gasteiger partial charge < -0.3 is 9.84 Å². The first-order chi connectivity index (χ1) is 11.4. The zero-order valence-electron chi connectivity index (χ0n) is 13.3. The quantitative estimate of drug-likeness (QED) is 0.911. The first-order valence-corrected chi connectivity index (χ1v) is 7.15. The Morgan fingerprint density at radius 3 is 2.46 bits per heavy atom. The number of hydrogen-bond donors (Lipinski definition) is 1. The fraction of sp³-hybridized carbons (Fsp3) is 0.235. The summed E-state index contributed by atoms with van der Waals surface area (Å²) in [5.74, 6) is -1.90. The zero-order chi connectivity index (χ0) is 17.7. The van der Waals surface area contributed by atoms with Gasteiger partial charge in [0, 0.05) is 7.05 Å². The summed E-state index contributed by atoms with van der Waals surface area (Å²) in [6.07, 6.45) is 0.0783. The average Bonchev–Trinajstić information content (AvgIpc) is 2.59. The molecule has 2 rings (SSSR count). The summed E-state index contributed by atoms with van der Waals surface area (Å²) in [6, 6.07) is 11.3. The highest BCUT2D eigenvalue weighted by atomic mass is 19.1. The van der Waals surface area contributed by atoms with Crippen LogP contribution in [0.2, 0.25) is 0 Å². The van der Waals surface area contributed by atoms with E-state index in [1.54, 1.807) is 24.3 Å². The molecule has 0 radical (unpaired) electrons. The van der Waals surface area contributed by atoms with Crippen LogP contribution in [0.25, 0.3) is 0 Å². The predicted octanol–water partition coefficient (Wildman–Crippen LogP) is 2.79. The second-order valence-electron chi connectivity index (χ2n) is 5.34. The normalized spacial score (nSPS) is 13.0. The minimum Gasteiger partial charge on any atom is -0.479 e. The number of pyridine rings is 1. The molecule has 1 amide bonds. The molecule has 6 nitrogen and oxygen atoms in total. The van der Waals surface area contributed by atoms with Gasteiger partial charge in [-0.1, -0.05) is 30.3 Å². The Morgan fingerprint density at radius 1 is 1.25 bits per heavy atom. The number of aliphatic carboxylic acids is 1.